The van der Waals surface area contributed by atoms with Crippen LogP contribution in [0, 0.1) is 17.4 Å². The van der Waals surface area contributed by atoms with Crippen molar-refractivity contribution in [1.82, 2.24) is 0 Å². The number of hydrogen-bond donors (Lipinski definition) is 2. The molecule has 21 heavy (non-hydrogen) atoms. The van der Waals surface area contributed by atoms with E-state index in [1.807, 2.05) is 19.1 Å². The third-order valence-corrected chi connectivity index (χ3v) is 4.30. The van der Waals surface area contributed by atoms with Crippen molar-refractivity contribution in [2.75, 3.05) is 11.9 Å². The molecular weight excluding hydrogens is 377 g/mol. The maximum atomic E-state index is 9.97. The standard InChI is InChI=1S/C17H20INO2/c1-4-21-16-9-13(8-14(18)17(16)20)10-19-15-7-5-6-11(2)12(15)3/h5-9,19-20H,4,10H2,1-3H3. The first-order chi connectivity index (χ1) is 10.0. The van der Waals surface area contributed by atoms with E-state index >= 15 is 0 Å². The summed E-state index contributed by atoms with van der Waals surface area (Å²) in [4.78, 5) is 0. The molecule has 112 valence electrons. The van der Waals surface area contributed by atoms with Gasteiger partial charge in [0.1, 0.15) is 0 Å². The second-order valence-corrected chi connectivity index (χ2v) is 6.12. The number of rotatable bonds is 5. The summed E-state index contributed by atoms with van der Waals surface area (Å²) in [5.41, 5.74) is 4.75. The van der Waals surface area contributed by atoms with Gasteiger partial charge in [-0.3, -0.25) is 0 Å². The summed E-state index contributed by atoms with van der Waals surface area (Å²) in [5, 5.41) is 13.4. The van der Waals surface area contributed by atoms with Crippen LogP contribution >= 0.6 is 22.6 Å². The van der Waals surface area contributed by atoms with E-state index in [1.54, 1.807) is 0 Å². The molecule has 2 N–H and O–H groups in total. The zero-order chi connectivity index (χ0) is 15.4. The fourth-order valence-corrected chi connectivity index (χ4v) is 2.80. The predicted octanol–water partition coefficient (Wildman–Crippen LogP) is 4.62. The third-order valence-electron chi connectivity index (χ3n) is 3.48. The van der Waals surface area contributed by atoms with Crippen LogP contribution in [0.5, 0.6) is 11.5 Å². The Hall–Kier alpha value is -1.43. The van der Waals surface area contributed by atoms with Crippen LogP contribution in [0.2, 0.25) is 0 Å². The van der Waals surface area contributed by atoms with Crippen LogP contribution in [0.25, 0.3) is 0 Å². The lowest BCUT2D eigenvalue weighted by Crippen LogP contribution is -2.03. The molecule has 0 fully saturated rings. The maximum absolute atomic E-state index is 9.97. The summed E-state index contributed by atoms with van der Waals surface area (Å²) in [5.74, 6) is 0.759. The van der Waals surface area contributed by atoms with Gasteiger partial charge in [-0.15, -0.1) is 0 Å². The number of phenolic OH excluding ortho intramolecular Hbond substituents is 1. The summed E-state index contributed by atoms with van der Waals surface area (Å²) in [6, 6.07) is 10.1. The van der Waals surface area contributed by atoms with E-state index in [4.69, 9.17) is 4.74 Å². The molecule has 0 bridgehead atoms. The number of halogens is 1. The Balaban J connectivity index is 2.18. The van der Waals surface area contributed by atoms with E-state index in [1.165, 1.54) is 11.1 Å². The smallest absolute Gasteiger partial charge is 0.171 e. The Morgan fingerprint density at radius 2 is 2.00 bits per heavy atom. The first kappa shape index (κ1) is 15.9. The minimum absolute atomic E-state index is 0.216. The normalized spacial score (nSPS) is 10.5. The molecule has 0 aliphatic heterocycles. The molecule has 0 aromatic heterocycles. The average Bonchev–Trinajstić information content (AvgIpc) is 2.46. The molecule has 2 aromatic rings. The number of nitrogens with one attached hydrogen (secondary N) is 1. The fraction of sp³-hybridized carbons (Fsp3) is 0.294. The predicted molar refractivity (Wildman–Crippen MR) is 95.2 cm³/mol. The van der Waals surface area contributed by atoms with E-state index in [2.05, 4.69) is 60.0 Å². The second kappa shape index (κ2) is 7.02. The molecule has 2 aromatic carbocycles. The highest BCUT2D eigenvalue weighted by Gasteiger charge is 2.09. The fourth-order valence-electron chi connectivity index (χ4n) is 2.13. The number of aryl methyl sites for hydroxylation is 1. The monoisotopic (exact) mass is 397 g/mol. The minimum atomic E-state index is 0.216. The molecule has 0 aliphatic carbocycles. The first-order valence-corrected chi connectivity index (χ1v) is 8.05. The molecule has 0 saturated carbocycles. The number of ether oxygens (including phenoxy) is 1. The molecule has 0 unspecified atom stereocenters. The van der Waals surface area contributed by atoms with E-state index < -0.39 is 0 Å². The minimum Gasteiger partial charge on any atom is -0.504 e. The SMILES string of the molecule is CCOc1cc(CNc2cccc(C)c2C)cc(I)c1O. The zero-order valence-electron chi connectivity index (χ0n) is 12.5. The molecular formula is C17H20INO2. The van der Waals surface area contributed by atoms with Gasteiger partial charge in [-0.05, 0) is 78.3 Å². The van der Waals surface area contributed by atoms with Crippen LogP contribution in [-0.4, -0.2) is 11.7 Å². The first-order valence-electron chi connectivity index (χ1n) is 6.97. The Kier molecular flexibility index (Phi) is 5.33. The number of aromatic hydroxyl groups is 1. The van der Waals surface area contributed by atoms with Gasteiger partial charge in [-0.25, -0.2) is 0 Å². The topological polar surface area (TPSA) is 41.5 Å². The summed E-state index contributed by atoms with van der Waals surface area (Å²) in [6.07, 6.45) is 0. The van der Waals surface area contributed by atoms with Crippen molar-refractivity contribution >= 4 is 28.3 Å². The van der Waals surface area contributed by atoms with Crippen molar-refractivity contribution < 1.29 is 9.84 Å². The quantitative estimate of drug-likeness (QED) is 0.724. The van der Waals surface area contributed by atoms with Crippen molar-refractivity contribution in [3.05, 3.63) is 50.6 Å². The van der Waals surface area contributed by atoms with E-state index in [-0.39, 0.29) is 5.75 Å². The van der Waals surface area contributed by atoms with Gasteiger partial charge >= 0.3 is 0 Å². The Morgan fingerprint density at radius 1 is 1.24 bits per heavy atom. The Bertz CT molecular complexity index is 641. The van der Waals surface area contributed by atoms with Gasteiger partial charge in [0.05, 0.1) is 10.2 Å². The molecule has 0 heterocycles. The van der Waals surface area contributed by atoms with Crippen LogP contribution in [0.4, 0.5) is 5.69 Å². The van der Waals surface area contributed by atoms with Gasteiger partial charge in [0.25, 0.3) is 0 Å². The van der Waals surface area contributed by atoms with Crippen molar-refractivity contribution in [1.29, 1.82) is 0 Å². The third kappa shape index (κ3) is 3.81. The van der Waals surface area contributed by atoms with Crippen molar-refractivity contribution in [2.24, 2.45) is 0 Å². The molecule has 0 amide bonds. The van der Waals surface area contributed by atoms with E-state index in [9.17, 15) is 5.11 Å². The van der Waals surface area contributed by atoms with Gasteiger partial charge < -0.3 is 15.2 Å². The Labute approximate surface area is 139 Å². The Morgan fingerprint density at radius 3 is 2.71 bits per heavy atom. The molecule has 2 rings (SSSR count). The molecule has 0 aliphatic rings. The van der Waals surface area contributed by atoms with Gasteiger partial charge in [-0.1, -0.05) is 12.1 Å². The average molecular weight is 397 g/mol. The molecule has 0 spiro atoms. The second-order valence-electron chi connectivity index (χ2n) is 4.96. The van der Waals surface area contributed by atoms with Crippen LogP contribution in [-0.2, 0) is 6.54 Å². The summed E-state index contributed by atoms with van der Waals surface area (Å²) < 4.78 is 6.27. The number of anilines is 1. The molecule has 0 radical (unpaired) electrons. The number of benzene rings is 2. The molecule has 4 heteroatoms. The van der Waals surface area contributed by atoms with Gasteiger partial charge in [0.2, 0.25) is 0 Å². The van der Waals surface area contributed by atoms with Crippen molar-refractivity contribution in [2.45, 2.75) is 27.3 Å². The van der Waals surface area contributed by atoms with Gasteiger partial charge in [0.15, 0.2) is 11.5 Å². The lowest BCUT2D eigenvalue weighted by Gasteiger charge is -2.14. The van der Waals surface area contributed by atoms with E-state index in [0.717, 1.165) is 14.8 Å². The van der Waals surface area contributed by atoms with Crippen molar-refractivity contribution in [3.63, 3.8) is 0 Å². The lowest BCUT2D eigenvalue weighted by molar-refractivity contribution is 0.317. The zero-order valence-corrected chi connectivity index (χ0v) is 14.7. The van der Waals surface area contributed by atoms with Gasteiger partial charge in [-0.2, -0.15) is 0 Å². The summed E-state index contributed by atoms with van der Waals surface area (Å²) >= 11 is 2.12. The molecule has 3 nitrogen and oxygen atoms in total. The highest BCUT2D eigenvalue weighted by Crippen LogP contribution is 2.33. The highest BCUT2D eigenvalue weighted by molar-refractivity contribution is 14.1. The lowest BCUT2D eigenvalue weighted by atomic mass is 10.1. The van der Waals surface area contributed by atoms with Crippen LogP contribution in [0.3, 0.4) is 0 Å². The van der Waals surface area contributed by atoms with Crippen molar-refractivity contribution in [3.8, 4) is 11.5 Å². The number of hydrogen-bond acceptors (Lipinski definition) is 3. The molecule has 0 saturated heterocycles. The summed E-state index contributed by atoms with van der Waals surface area (Å²) in [7, 11) is 0. The van der Waals surface area contributed by atoms with E-state index in [0.29, 0.717) is 18.9 Å². The molecule has 0 atom stereocenters. The van der Waals surface area contributed by atoms with Gasteiger partial charge in [0, 0.05) is 12.2 Å². The van der Waals surface area contributed by atoms with Crippen LogP contribution < -0.4 is 10.1 Å². The maximum Gasteiger partial charge on any atom is 0.171 e. The highest BCUT2D eigenvalue weighted by atomic mass is 127. The van der Waals surface area contributed by atoms with Crippen LogP contribution in [0.15, 0.2) is 30.3 Å². The summed E-state index contributed by atoms with van der Waals surface area (Å²) in [6.45, 7) is 7.37. The largest absolute Gasteiger partial charge is 0.504 e. The van der Waals surface area contributed by atoms with Crippen LogP contribution in [0.1, 0.15) is 23.6 Å². The number of phenols is 1.